The lowest BCUT2D eigenvalue weighted by molar-refractivity contribution is -0.146. The highest BCUT2D eigenvalue weighted by molar-refractivity contribution is 5.91. The van der Waals surface area contributed by atoms with E-state index in [1.807, 2.05) is 0 Å². The van der Waals surface area contributed by atoms with E-state index in [0.717, 1.165) is 5.56 Å². The molecule has 1 aliphatic heterocycles. The molecule has 1 heterocycles. The van der Waals surface area contributed by atoms with Crippen LogP contribution in [0.2, 0.25) is 0 Å². The Morgan fingerprint density at radius 2 is 2.16 bits per heavy atom. The molecule has 1 aromatic carbocycles. The lowest BCUT2D eigenvalue weighted by Gasteiger charge is -2.29. The van der Waals surface area contributed by atoms with Gasteiger partial charge in [0.05, 0.1) is 13.2 Å². The van der Waals surface area contributed by atoms with Gasteiger partial charge < -0.3 is 19.9 Å². The monoisotopic (exact) mass is 347 g/mol. The van der Waals surface area contributed by atoms with E-state index in [-0.39, 0.29) is 30.6 Å². The molecule has 1 aromatic rings. The van der Waals surface area contributed by atoms with Crippen molar-refractivity contribution in [2.75, 3.05) is 19.8 Å². The van der Waals surface area contributed by atoms with E-state index in [1.54, 1.807) is 18.2 Å². The smallest absolute Gasteiger partial charge is 0.286 e. The van der Waals surface area contributed by atoms with Gasteiger partial charge in [0, 0.05) is 18.9 Å². The molecular weight excluding hydrogens is 325 g/mol. The number of hydrogen-bond donors (Lipinski definition) is 2. The second kappa shape index (κ2) is 9.82. The molecule has 0 unspecified atom stereocenters. The highest BCUT2D eigenvalue weighted by atomic mass is 19.1. The van der Waals surface area contributed by atoms with Crippen LogP contribution in [0, 0.1) is 18.2 Å². The fourth-order valence-corrected chi connectivity index (χ4v) is 2.51. The summed E-state index contributed by atoms with van der Waals surface area (Å²) in [7, 11) is 0. The number of benzene rings is 1. The van der Waals surface area contributed by atoms with E-state index in [2.05, 4.69) is 11.2 Å². The second-order valence-corrected chi connectivity index (χ2v) is 5.66. The molecule has 5 nitrogen and oxygen atoms in total. The van der Waals surface area contributed by atoms with Gasteiger partial charge in [-0.3, -0.25) is 4.79 Å². The quantitative estimate of drug-likeness (QED) is 0.558. The zero-order chi connectivity index (χ0) is 18.1. The van der Waals surface area contributed by atoms with Gasteiger partial charge in [0.25, 0.3) is 5.91 Å². The maximum Gasteiger partial charge on any atom is 0.286 e. The number of terminal acetylenes is 1. The molecule has 0 aliphatic carbocycles. The summed E-state index contributed by atoms with van der Waals surface area (Å²) in [6.45, 7) is 0.621. The van der Waals surface area contributed by atoms with Gasteiger partial charge in [0.2, 0.25) is 6.29 Å². The third kappa shape index (κ3) is 5.89. The summed E-state index contributed by atoms with van der Waals surface area (Å²) in [6, 6.07) is 6.13. The van der Waals surface area contributed by atoms with Crippen LogP contribution in [-0.2, 0) is 14.3 Å². The summed E-state index contributed by atoms with van der Waals surface area (Å²) in [5, 5.41) is 11.4. The van der Waals surface area contributed by atoms with Crippen molar-refractivity contribution in [1.82, 2.24) is 5.32 Å². The van der Waals surface area contributed by atoms with Crippen LogP contribution in [0.5, 0.6) is 0 Å². The average Bonchev–Trinajstić information content (AvgIpc) is 2.63. The highest BCUT2D eigenvalue weighted by Gasteiger charge is 2.28. The van der Waals surface area contributed by atoms with Crippen molar-refractivity contribution in [3.8, 4) is 12.3 Å². The lowest BCUT2D eigenvalue weighted by Crippen LogP contribution is -2.33. The van der Waals surface area contributed by atoms with Crippen molar-refractivity contribution in [2.45, 2.75) is 31.5 Å². The maximum atomic E-state index is 13.1. The third-order valence-electron chi connectivity index (χ3n) is 3.79. The third-order valence-corrected chi connectivity index (χ3v) is 3.79. The predicted octanol–water partition coefficient (Wildman–Crippen LogP) is 2.08. The number of aliphatic hydroxyl groups excluding tert-OH is 1. The first-order valence-corrected chi connectivity index (χ1v) is 8.22. The molecule has 2 atom stereocenters. The first-order chi connectivity index (χ1) is 12.1. The number of amides is 1. The summed E-state index contributed by atoms with van der Waals surface area (Å²) in [5.74, 6) is 1.62. The van der Waals surface area contributed by atoms with Crippen LogP contribution in [-0.4, -0.2) is 37.1 Å². The maximum absolute atomic E-state index is 13.1. The molecule has 25 heavy (non-hydrogen) atoms. The number of allylic oxidation sites excluding steroid dienone is 1. The molecule has 0 radical (unpaired) electrons. The Morgan fingerprint density at radius 3 is 2.84 bits per heavy atom. The van der Waals surface area contributed by atoms with Crippen molar-refractivity contribution in [2.24, 2.45) is 0 Å². The van der Waals surface area contributed by atoms with Crippen LogP contribution in [0.4, 0.5) is 4.39 Å². The van der Waals surface area contributed by atoms with Crippen LogP contribution in [0.25, 0.3) is 0 Å². The number of carbonyl (C=O) groups is 1. The van der Waals surface area contributed by atoms with Crippen molar-refractivity contribution in [1.29, 1.82) is 0 Å². The van der Waals surface area contributed by atoms with E-state index in [0.29, 0.717) is 25.9 Å². The summed E-state index contributed by atoms with van der Waals surface area (Å²) >= 11 is 0. The van der Waals surface area contributed by atoms with Crippen LogP contribution in [0.3, 0.4) is 0 Å². The Hall–Kier alpha value is -2.36. The van der Waals surface area contributed by atoms with E-state index in [1.165, 1.54) is 12.1 Å². The minimum atomic E-state index is -0.592. The number of aliphatic hydroxyl groups is 1. The van der Waals surface area contributed by atoms with E-state index >= 15 is 0 Å². The number of nitrogens with one attached hydrogen (secondary N) is 1. The van der Waals surface area contributed by atoms with Crippen molar-refractivity contribution in [3.05, 3.63) is 47.5 Å². The van der Waals surface area contributed by atoms with Gasteiger partial charge in [-0.25, -0.2) is 4.39 Å². The fourth-order valence-electron chi connectivity index (χ4n) is 2.51. The molecule has 2 N–H and O–H groups in total. The molecule has 2 rings (SSSR count). The number of carbonyl (C=O) groups excluding carboxylic acids is 1. The predicted molar refractivity (Wildman–Crippen MR) is 90.8 cm³/mol. The molecule has 0 saturated carbocycles. The van der Waals surface area contributed by atoms with Gasteiger partial charge in [-0.15, -0.1) is 6.42 Å². The summed E-state index contributed by atoms with van der Waals surface area (Å²) < 4.78 is 24.4. The number of halogens is 1. The molecule has 0 fully saturated rings. The Kier molecular flexibility index (Phi) is 7.45. The van der Waals surface area contributed by atoms with E-state index < -0.39 is 12.2 Å². The molecule has 0 spiro atoms. The molecule has 1 amide bonds. The van der Waals surface area contributed by atoms with Gasteiger partial charge in [-0.05, 0) is 36.6 Å². The Labute approximate surface area is 146 Å². The van der Waals surface area contributed by atoms with Crippen molar-refractivity contribution in [3.63, 3.8) is 0 Å². The fraction of sp³-hybridized carbons (Fsp3) is 0.421. The SMILES string of the molecule is C#CCNC(=O)C1=C[C@H](c2ccc(F)cc2)C[C@H](OCCCCO)O1. The van der Waals surface area contributed by atoms with Crippen molar-refractivity contribution >= 4 is 5.91 Å². The van der Waals surface area contributed by atoms with Crippen LogP contribution in [0.15, 0.2) is 36.1 Å². The second-order valence-electron chi connectivity index (χ2n) is 5.66. The number of ether oxygens (including phenoxy) is 2. The molecule has 0 aromatic heterocycles. The first kappa shape index (κ1) is 19.0. The van der Waals surface area contributed by atoms with Crippen LogP contribution < -0.4 is 5.32 Å². The number of hydrogen-bond acceptors (Lipinski definition) is 4. The largest absolute Gasteiger partial charge is 0.459 e. The molecule has 0 saturated heterocycles. The molecule has 0 bridgehead atoms. The summed E-state index contributed by atoms with van der Waals surface area (Å²) in [6.07, 6.45) is 8.11. The summed E-state index contributed by atoms with van der Waals surface area (Å²) in [5.41, 5.74) is 0.871. The van der Waals surface area contributed by atoms with Gasteiger partial charge in [-0.2, -0.15) is 0 Å². The van der Waals surface area contributed by atoms with Gasteiger partial charge >= 0.3 is 0 Å². The highest BCUT2D eigenvalue weighted by Crippen LogP contribution is 2.31. The van der Waals surface area contributed by atoms with Crippen LogP contribution >= 0.6 is 0 Å². The Balaban J connectivity index is 2.10. The van der Waals surface area contributed by atoms with Crippen LogP contribution in [0.1, 0.15) is 30.7 Å². The molecular formula is C19H22FNO4. The molecule has 134 valence electrons. The van der Waals surface area contributed by atoms with Gasteiger partial charge in [0.1, 0.15) is 5.82 Å². The number of unbranched alkanes of at least 4 members (excludes halogenated alkanes) is 1. The Morgan fingerprint density at radius 1 is 1.40 bits per heavy atom. The number of rotatable bonds is 8. The zero-order valence-electron chi connectivity index (χ0n) is 13.9. The van der Waals surface area contributed by atoms with Crippen molar-refractivity contribution < 1.29 is 23.8 Å². The van der Waals surface area contributed by atoms with E-state index in [9.17, 15) is 9.18 Å². The van der Waals surface area contributed by atoms with Gasteiger partial charge in [0.15, 0.2) is 5.76 Å². The topological polar surface area (TPSA) is 67.8 Å². The minimum Gasteiger partial charge on any atom is -0.459 e. The zero-order valence-corrected chi connectivity index (χ0v) is 13.9. The average molecular weight is 347 g/mol. The first-order valence-electron chi connectivity index (χ1n) is 8.22. The minimum absolute atomic E-state index is 0.1000. The normalized spacial score (nSPS) is 19.5. The Bertz CT molecular complexity index is 636. The standard InChI is InChI=1S/C19H22FNO4/c1-2-9-21-19(23)17-12-15(14-5-7-16(20)8-6-14)13-18(25-17)24-11-4-3-10-22/h1,5-8,12,15,18,22H,3-4,9-11,13H2,(H,21,23)/t15-,18+/m0/s1. The summed E-state index contributed by atoms with van der Waals surface area (Å²) in [4.78, 5) is 12.2. The van der Waals surface area contributed by atoms with Gasteiger partial charge in [-0.1, -0.05) is 18.1 Å². The lowest BCUT2D eigenvalue weighted by atomic mass is 9.93. The molecule has 1 aliphatic rings. The van der Waals surface area contributed by atoms with E-state index in [4.69, 9.17) is 21.0 Å². The molecule has 6 heteroatoms.